The molecule has 1 aromatic heterocycles. The van der Waals surface area contributed by atoms with Crippen LogP contribution >= 0.6 is 27.5 Å². The molecule has 0 aliphatic carbocycles. The number of fused-ring (bicyclic) bond motifs is 1. The van der Waals surface area contributed by atoms with Crippen LogP contribution in [-0.2, 0) is 18.4 Å². The zero-order chi connectivity index (χ0) is 15.3. The molecule has 0 radical (unpaired) electrons. The van der Waals surface area contributed by atoms with Crippen LogP contribution in [0.4, 0.5) is 5.69 Å². The summed E-state index contributed by atoms with van der Waals surface area (Å²) in [5, 5.41) is 4.74. The number of hydrogen-bond donors (Lipinski definition) is 0. The third-order valence-electron chi connectivity index (χ3n) is 3.50. The zero-order valence-electron chi connectivity index (χ0n) is 11.4. The number of carbonyl (C=O) groups excluding carboxylic acids is 2. The highest BCUT2D eigenvalue weighted by Gasteiger charge is 2.36. The van der Waals surface area contributed by atoms with E-state index in [0.717, 1.165) is 4.47 Å². The molecule has 0 bridgehead atoms. The van der Waals surface area contributed by atoms with Gasteiger partial charge in [0.2, 0.25) is 0 Å². The molecule has 108 valence electrons. The SMILES string of the molecule is Cc1nn(C)c(CN2C(=O)C(=O)c3cc(Br)ccc32)c1Cl. The van der Waals surface area contributed by atoms with Gasteiger partial charge in [0, 0.05) is 11.5 Å². The molecule has 5 nitrogen and oxygen atoms in total. The quantitative estimate of drug-likeness (QED) is 0.766. The monoisotopic (exact) mass is 367 g/mol. The van der Waals surface area contributed by atoms with E-state index in [0.29, 0.717) is 27.7 Å². The lowest BCUT2D eigenvalue weighted by Crippen LogP contribution is -2.30. The van der Waals surface area contributed by atoms with E-state index in [1.165, 1.54) is 4.90 Å². The Labute approximate surface area is 134 Å². The molecule has 1 aromatic carbocycles. The van der Waals surface area contributed by atoms with Crippen molar-refractivity contribution in [2.45, 2.75) is 13.5 Å². The Kier molecular flexibility index (Phi) is 3.37. The van der Waals surface area contributed by atoms with Crippen LogP contribution in [0.25, 0.3) is 0 Å². The van der Waals surface area contributed by atoms with Gasteiger partial charge in [0.15, 0.2) is 0 Å². The van der Waals surface area contributed by atoms with Gasteiger partial charge < -0.3 is 0 Å². The van der Waals surface area contributed by atoms with E-state index >= 15 is 0 Å². The van der Waals surface area contributed by atoms with Crippen LogP contribution in [0, 0.1) is 6.92 Å². The highest BCUT2D eigenvalue weighted by atomic mass is 79.9. The van der Waals surface area contributed by atoms with E-state index in [1.807, 2.05) is 0 Å². The molecule has 1 aliphatic heterocycles. The topological polar surface area (TPSA) is 55.2 Å². The molecule has 0 saturated heterocycles. The van der Waals surface area contributed by atoms with Crippen molar-refractivity contribution in [2.75, 3.05) is 4.90 Å². The summed E-state index contributed by atoms with van der Waals surface area (Å²) in [6, 6.07) is 5.21. The smallest absolute Gasteiger partial charge is 0.299 e. The number of aromatic nitrogens is 2. The molecule has 2 heterocycles. The highest BCUT2D eigenvalue weighted by Crippen LogP contribution is 2.33. The molecule has 3 rings (SSSR count). The van der Waals surface area contributed by atoms with Crippen LogP contribution in [0.5, 0.6) is 0 Å². The largest absolute Gasteiger partial charge is 0.299 e. The third-order valence-corrected chi connectivity index (χ3v) is 4.49. The Bertz CT molecular complexity index is 785. The first-order chi connectivity index (χ1) is 9.90. The number of amides is 1. The molecule has 21 heavy (non-hydrogen) atoms. The minimum absolute atomic E-state index is 0.218. The summed E-state index contributed by atoms with van der Waals surface area (Å²) in [5.74, 6) is -1.04. The summed E-state index contributed by atoms with van der Waals surface area (Å²) in [6.07, 6.45) is 0. The number of rotatable bonds is 2. The maximum absolute atomic E-state index is 12.2. The summed E-state index contributed by atoms with van der Waals surface area (Å²) in [4.78, 5) is 25.7. The van der Waals surface area contributed by atoms with Crippen LogP contribution in [0.1, 0.15) is 21.7 Å². The van der Waals surface area contributed by atoms with Gasteiger partial charge in [0.25, 0.3) is 11.7 Å². The first-order valence-corrected chi connectivity index (χ1v) is 7.41. The average Bonchev–Trinajstić information content (AvgIpc) is 2.81. The van der Waals surface area contributed by atoms with Gasteiger partial charge in [-0.05, 0) is 25.1 Å². The molecule has 7 heteroatoms. The Balaban J connectivity index is 2.04. The molecule has 0 atom stereocenters. The van der Waals surface area contributed by atoms with Crippen LogP contribution in [-0.4, -0.2) is 21.5 Å². The van der Waals surface area contributed by atoms with E-state index in [9.17, 15) is 9.59 Å². The number of halogens is 2. The lowest BCUT2D eigenvalue weighted by Gasteiger charge is -2.16. The first-order valence-electron chi connectivity index (χ1n) is 6.24. The number of Topliss-reactive ketones (excluding diaryl/α,β-unsaturated/α-hetero) is 1. The number of hydrogen-bond acceptors (Lipinski definition) is 3. The van der Waals surface area contributed by atoms with Crippen molar-refractivity contribution in [1.29, 1.82) is 0 Å². The second kappa shape index (κ2) is 4.96. The van der Waals surface area contributed by atoms with Crippen LogP contribution in [0.3, 0.4) is 0 Å². The van der Waals surface area contributed by atoms with Gasteiger partial charge in [0.05, 0.1) is 34.2 Å². The van der Waals surface area contributed by atoms with Gasteiger partial charge >= 0.3 is 0 Å². The second-order valence-electron chi connectivity index (χ2n) is 4.85. The molecule has 0 spiro atoms. The van der Waals surface area contributed by atoms with Gasteiger partial charge in [-0.15, -0.1) is 0 Å². The van der Waals surface area contributed by atoms with Gasteiger partial charge in [-0.1, -0.05) is 27.5 Å². The van der Waals surface area contributed by atoms with Crippen molar-refractivity contribution in [1.82, 2.24) is 9.78 Å². The number of ketones is 1. The highest BCUT2D eigenvalue weighted by molar-refractivity contribution is 9.10. The number of nitrogens with zero attached hydrogens (tertiary/aromatic N) is 3. The van der Waals surface area contributed by atoms with E-state index in [-0.39, 0.29) is 6.54 Å². The van der Waals surface area contributed by atoms with Crippen molar-refractivity contribution in [3.8, 4) is 0 Å². The Hall–Kier alpha value is -1.66. The van der Waals surface area contributed by atoms with Crippen molar-refractivity contribution >= 4 is 44.9 Å². The van der Waals surface area contributed by atoms with Gasteiger partial charge in [-0.3, -0.25) is 19.2 Å². The molecule has 1 aliphatic rings. The molecule has 1 amide bonds. The van der Waals surface area contributed by atoms with Gasteiger partial charge in [-0.2, -0.15) is 5.10 Å². The molecule has 2 aromatic rings. The van der Waals surface area contributed by atoms with E-state index in [2.05, 4.69) is 21.0 Å². The fraction of sp³-hybridized carbons (Fsp3) is 0.214. The van der Waals surface area contributed by atoms with Gasteiger partial charge in [-0.25, -0.2) is 0 Å². The molecule has 0 N–H and O–H groups in total. The van der Waals surface area contributed by atoms with Crippen molar-refractivity contribution in [2.24, 2.45) is 7.05 Å². The summed E-state index contributed by atoms with van der Waals surface area (Å²) in [7, 11) is 1.76. The lowest BCUT2D eigenvalue weighted by atomic mass is 10.1. The van der Waals surface area contributed by atoms with E-state index in [4.69, 9.17) is 11.6 Å². The maximum atomic E-state index is 12.2. The molecular weight excluding hydrogens is 358 g/mol. The maximum Gasteiger partial charge on any atom is 0.299 e. The number of benzene rings is 1. The lowest BCUT2D eigenvalue weighted by molar-refractivity contribution is -0.114. The van der Waals surface area contributed by atoms with Crippen LogP contribution < -0.4 is 4.90 Å². The number of carbonyl (C=O) groups is 2. The number of aryl methyl sites for hydroxylation is 2. The summed E-state index contributed by atoms with van der Waals surface area (Å²) in [6.45, 7) is 2.02. The summed E-state index contributed by atoms with van der Waals surface area (Å²) in [5.41, 5.74) is 2.40. The molecule has 0 fully saturated rings. The molecule has 0 unspecified atom stereocenters. The number of anilines is 1. The summed E-state index contributed by atoms with van der Waals surface area (Å²) < 4.78 is 2.39. The van der Waals surface area contributed by atoms with Crippen LogP contribution in [0.15, 0.2) is 22.7 Å². The summed E-state index contributed by atoms with van der Waals surface area (Å²) >= 11 is 9.52. The molecular formula is C14H11BrClN3O2. The van der Waals surface area contributed by atoms with E-state index < -0.39 is 11.7 Å². The second-order valence-corrected chi connectivity index (χ2v) is 6.15. The first kappa shape index (κ1) is 14.3. The van der Waals surface area contributed by atoms with Gasteiger partial charge in [0.1, 0.15) is 0 Å². The standard InChI is InChI=1S/C14H11BrClN3O2/c1-7-12(16)11(18(2)17-7)6-19-10-4-3-8(15)5-9(10)13(20)14(19)21/h3-5H,6H2,1-2H3. The third kappa shape index (κ3) is 2.18. The Morgan fingerprint density at radius 3 is 2.67 bits per heavy atom. The van der Waals surface area contributed by atoms with Crippen LogP contribution in [0.2, 0.25) is 5.02 Å². The average molecular weight is 369 g/mol. The van der Waals surface area contributed by atoms with Crippen molar-refractivity contribution in [3.05, 3.63) is 44.6 Å². The fourth-order valence-corrected chi connectivity index (χ4v) is 3.01. The van der Waals surface area contributed by atoms with E-state index in [1.54, 1.807) is 36.9 Å². The predicted molar refractivity (Wildman–Crippen MR) is 82.6 cm³/mol. The van der Waals surface area contributed by atoms with Crippen molar-refractivity contribution < 1.29 is 9.59 Å². The Morgan fingerprint density at radius 1 is 1.33 bits per heavy atom. The predicted octanol–water partition coefficient (Wildman–Crippen LogP) is 2.87. The minimum atomic E-state index is -0.544. The minimum Gasteiger partial charge on any atom is -0.299 e. The molecule has 0 saturated carbocycles. The zero-order valence-corrected chi connectivity index (χ0v) is 13.7. The van der Waals surface area contributed by atoms with Crippen molar-refractivity contribution in [3.63, 3.8) is 0 Å². The Morgan fingerprint density at radius 2 is 2.05 bits per heavy atom. The fourth-order valence-electron chi connectivity index (χ4n) is 2.43. The normalized spacial score (nSPS) is 14.0.